The fourth-order valence-electron chi connectivity index (χ4n) is 1.75. The summed E-state index contributed by atoms with van der Waals surface area (Å²) in [5.41, 5.74) is 2.40. The van der Waals surface area contributed by atoms with Gasteiger partial charge in [0.25, 0.3) is 0 Å². The third kappa shape index (κ3) is 1.74. The Bertz CT molecular complexity index is 736. The van der Waals surface area contributed by atoms with Crippen LogP contribution in [0.2, 0.25) is 10.2 Å². The molecular formula is C12H8Cl2N4. The molecule has 0 fully saturated rings. The van der Waals surface area contributed by atoms with Crippen molar-refractivity contribution < 1.29 is 0 Å². The number of fused-ring (bicyclic) bond motifs is 1. The molecule has 2 aromatic heterocycles. The van der Waals surface area contributed by atoms with E-state index in [0.29, 0.717) is 21.6 Å². The van der Waals surface area contributed by atoms with Gasteiger partial charge in [-0.3, -0.25) is 0 Å². The number of hydrogen-bond donors (Lipinski definition) is 0. The van der Waals surface area contributed by atoms with Crippen LogP contribution in [0.15, 0.2) is 30.3 Å². The predicted molar refractivity (Wildman–Crippen MR) is 71.0 cm³/mol. The number of nitrogens with zero attached hydrogens (tertiary/aromatic N) is 4. The third-order valence-corrected chi connectivity index (χ3v) is 3.37. The van der Waals surface area contributed by atoms with Gasteiger partial charge in [0, 0.05) is 5.56 Å². The topological polar surface area (TPSA) is 43.1 Å². The number of halogens is 2. The molecule has 4 nitrogen and oxygen atoms in total. The van der Waals surface area contributed by atoms with Crippen LogP contribution in [0.1, 0.15) is 5.56 Å². The summed E-state index contributed by atoms with van der Waals surface area (Å²) in [6, 6.07) is 9.18. The molecule has 0 radical (unpaired) electrons. The Morgan fingerprint density at radius 1 is 1.06 bits per heavy atom. The first-order valence-electron chi connectivity index (χ1n) is 5.30. The van der Waals surface area contributed by atoms with E-state index in [-0.39, 0.29) is 0 Å². The summed E-state index contributed by atoms with van der Waals surface area (Å²) >= 11 is 12.2. The second-order valence-corrected chi connectivity index (χ2v) is 4.65. The Labute approximate surface area is 113 Å². The smallest absolute Gasteiger partial charge is 0.186 e. The van der Waals surface area contributed by atoms with Crippen molar-refractivity contribution in [3.63, 3.8) is 0 Å². The molecule has 0 atom stereocenters. The molecule has 0 bridgehead atoms. The van der Waals surface area contributed by atoms with Gasteiger partial charge in [0.15, 0.2) is 11.5 Å². The largest absolute Gasteiger partial charge is 0.191 e. The van der Waals surface area contributed by atoms with E-state index in [1.807, 2.05) is 25.1 Å². The molecule has 0 N–H and O–H groups in total. The van der Waals surface area contributed by atoms with Crippen molar-refractivity contribution in [1.82, 2.24) is 19.8 Å². The van der Waals surface area contributed by atoms with Crippen LogP contribution >= 0.6 is 23.2 Å². The number of aromatic nitrogens is 4. The zero-order chi connectivity index (χ0) is 12.7. The zero-order valence-electron chi connectivity index (χ0n) is 9.43. The lowest BCUT2D eigenvalue weighted by Crippen LogP contribution is -1.95. The van der Waals surface area contributed by atoms with Gasteiger partial charge in [0.05, 0.1) is 5.02 Å². The van der Waals surface area contributed by atoms with Crippen molar-refractivity contribution in [3.05, 3.63) is 46.1 Å². The summed E-state index contributed by atoms with van der Waals surface area (Å²) in [5.74, 6) is 0.584. The number of hydrogen-bond acceptors (Lipinski definition) is 3. The first-order chi connectivity index (χ1) is 8.66. The molecule has 0 amide bonds. The summed E-state index contributed by atoms with van der Waals surface area (Å²) < 4.78 is 1.59. The summed E-state index contributed by atoms with van der Waals surface area (Å²) in [5, 5.41) is 13.4. The van der Waals surface area contributed by atoms with Crippen molar-refractivity contribution in [1.29, 1.82) is 0 Å². The van der Waals surface area contributed by atoms with Gasteiger partial charge in [0.2, 0.25) is 0 Å². The van der Waals surface area contributed by atoms with Crippen LogP contribution in [0.5, 0.6) is 0 Å². The van der Waals surface area contributed by atoms with E-state index in [1.54, 1.807) is 16.6 Å². The van der Waals surface area contributed by atoms with E-state index in [0.717, 1.165) is 11.1 Å². The summed E-state index contributed by atoms with van der Waals surface area (Å²) in [6.45, 7) is 1.94. The minimum Gasteiger partial charge on any atom is -0.191 e. The first-order valence-corrected chi connectivity index (χ1v) is 6.06. The van der Waals surface area contributed by atoms with Crippen molar-refractivity contribution in [2.45, 2.75) is 6.92 Å². The molecule has 0 spiro atoms. The van der Waals surface area contributed by atoms with Gasteiger partial charge < -0.3 is 0 Å². The molecule has 3 rings (SSSR count). The van der Waals surface area contributed by atoms with Crippen LogP contribution in [-0.4, -0.2) is 19.8 Å². The van der Waals surface area contributed by atoms with Gasteiger partial charge >= 0.3 is 0 Å². The minimum atomic E-state index is 0.382. The van der Waals surface area contributed by atoms with Crippen LogP contribution < -0.4 is 0 Å². The van der Waals surface area contributed by atoms with Crippen molar-refractivity contribution in [2.24, 2.45) is 0 Å². The highest BCUT2D eigenvalue weighted by molar-refractivity contribution is 6.34. The molecule has 3 aromatic rings. The van der Waals surface area contributed by atoms with Gasteiger partial charge in [0.1, 0.15) is 5.15 Å². The maximum Gasteiger partial charge on any atom is 0.186 e. The summed E-state index contributed by atoms with van der Waals surface area (Å²) in [6.07, 6.45) is 0. The van der Waals surface area contributed by atoms with E-state index in [1.165, 1.54) is 0 Å². The molecule has 0 aliphatic carbocycles. The zero-order valence-corrected chi connectivity index (χ0v) is 10.9. The molecule has 0 aliphatic rings. The van der Waals surface area contributed by atoms with Gasteiger partial charge in [-0.15, -0.1) is 10.2 Å². The van der Waals surface area contributed by atoms with Crippen molar-refractivity contribution in [3.8, 4) is 11.4 Å². The Morgan fingerprint density at radius 2 is 1.89 bits per heavy atom. The molecule has 90 valence electrons. The Morgan fingerprint density at radius 3 is 2.72 bits per heavy atom. The summed E-state index contributed by atoms with van der Waals surface area (Å²) in [4.78, 5) is 0. The molecular weight excluding hydrogens is 271 g/mol. The highest BCUT2D eigenvalue weighted by Gasteiger charge is 2.13. The average molecular weight is 279 g/mol. The molecule has 0 saturated heterocycles. The quantitative estimate of drug-likeness (QED) is 0.685. The molecule has 0 saturated carbocycles. The van der Waals surface area contributed by atoms with E-state index in [4.69, 9.17) is 23.2 Å². The van der Waals surface area contributed by atoms with E-state index >= 15 is 0 Å². The normalized spacial score (nSPS) is 11.1. The van der Waals surface area contributed by atoms with Crippen LogP contribution in [0.3, 0.4) is 0 Å². The van der Waals surface area contributed by atoms with E-state index in [9.17, 15) is 0 Å². The summed E-state index contributed by atoms with van der Waals surface area (Å²) in [7, 11) is 0. The fourth-order valence-corrected chi connectivity index (χ4v) is 2.10. The molecule has 0 unspecified atom stereocenters. The second-order valence-electron chi connectivity index (χ2n) is 3.89. The number of aryl methyl sites for hydroxylation is 1. The molecule has 0 aliphatic heterocycles. The molecule has 18 heavy (non-hydrogen) atoms. The van der Waals surface area contributed by atoms with Crippen LogP contribution in [0, 0.1) is 6.92 Å². The van der Waals surface area contributed by atoms with E-state index < -0.39 is 0 Å². The van der Waals surface area contributed by atoms with Crippen molar-refractivity contribution in [2.75, 3.05) is 0 Å². The fraction of sp³-hybridized carbons (Fsp3) is 0.0833. The van der Waals surface area contributed by atoms with Gasteiger partial charge in [-0.1, -0.05) is 35.3 Å². The SMILES string of the molecule is Cc1cccc(-c2nnc3ccc(Cl)nn23)c1Cl. The lowest BCUT2D eigenvalue weighted by Gasteiger charge is -2.04. The Balaban J connectivity index is 2.32. The highest BCUT2D eigenvalue weighted by atomic mass is 35.5. The highest BCUT2D eigenvalue weighted by Crippen LogP contribution is 2.29. The standard InChI is InChI=1S/C12H8Cl2N4/c1-7-3-2-4-8(11(7)14)12-16-15-10-6-5-9(13)17-18(10)12/h2-6H,1H3. The lowest BCUT2D eigenvalue weighted by molar-refractivity contribution is 0.936. The molecule has 1 aromatic carbocycles. The van der Waals surface area contributed by atoms with Crippen LogP contribution in [0.25, 0.3) is 17.0 Å². The maximum absolute atomic E-state index is 6.28. The van der Waals surface area contributed by atoms with E-state index in [2.05, 4.69) is 15.3 Å². The monoisotopic (exact) mass is 278 g/mol. The van der Waals surface area contributed by atoms with Crippen LogP contribution in [0.4, 0.5) is 0 Å². The van der Waals surface area contributed by atoms with Crippen molar-refractivity contribution >= 4 is 28.8 Å². The Hall–Kier alpha value is -1.65. The molecule has 2 heterocycles. The first kappa shape index (κ1) is 11.4. The van der Waals surface area contributed by atoms with Crippen LogP contribution in [-0.2, 0) is 0 Å². The number of rotatable bonds is 1. The second kappa shape index (κ2) is 4.23. The maximum atomic E-state index is 6.28. The lowest BCUT2D eigenvalue weighted by atomic mass is 10.1. The van der Waals surface area contributed by atoms with Gasteiger partial charge in [-0.25, -0.2) is 0 Å². The minimum absolute atomic E-state index is 0.382. The predicted octanol–water partition coefficient (Wildman–Crippen LogP) is 3.41. The number of benzene rings is 1. The Kier molecular flexibility index (Phi) is 2.69. The average Bonchev–Trinajstić information content (AvgIpc) is 2.75. The molecule has 6 heteroatoms. The third-order valence-electron chi connectivity index (χ3n) is 2.66. The van der Waals surface area contributed by atoms with Gasteiger partial charge in [-0.05, 0) is 30.7 Å². The van der Waals surface area contributed by atoms with Gasteiger partial charge in [-0.2, -0.15) is 9.61 Å².